The lowest BCUT2D eigenvalue weighted by Crippen LogP contribution is -2.35. The summed E-state index contributed by atoms with van der Waals surface area (Å²) in [6.07, 6.45) is 0. The quantitative estimate of drug-likeness (QED) is 0.584. The summed E-state index contributed by atoms with van der Waals surface area (Å²) in [7, 11) is 1.16. The lowest BCUT2D eigenvalue weighted by atomic mass is 10.2. The monoisotopic (exact) mass is 243 g/mol. The lowest BCUT2D eigenvalue weighted by Gasteiger charge is -2.16. The average Bonchev–Trinajstić information content (AvgIpc) is 2.30. The van der Waals surface area contributed by atoms with Crippen molar-refractivity contribution in [3.63, 3.8) is 0 Å². The molecule has 4 nitrogen and oxygen atoms in total. The minimum absolute atomic E-state index is 0.0318. The standard InChI is InChI=1S/C11H11F2NO3/c1-3-17-11(16)10(15)14(2)9-6-7(12)4-5-8(9)13/h4-6H,3H2,1-2H3. The number of carbonyl (C=O) groups excluding carboxylic acids is 2. The minimum atomic E-state index is -1.11. The summed E-state index contributed by atoms with van der Waals surface area (Å²) in [6.45, 7) is 1.57. The molecule has 0 fully saturated rings. The van der Waals surface area contributed by atoms with Gasteiger partial charge in [0.2, 0.25) is 0 Å². The molecule has 0 spiro atoms. The van der Waals surface area contributed by atoms with Crippen molar-refractivity contribution in [3.8, 4) is 0 Å². The zero-order valence-electron chi connectivity index (χ0n) is 9.37. The van der Waals surface area contributed by atoms with Crippen molar-refractivity contribution in [2.45, 2.75) is 6.92 Å². The van der Waals surface area contributed by atoms with Crippen LogP contribution in [0.5, 0.6) is 0 Å². The smallest absolute Gasteiger partial charge is 0.397 e. The number of hydrogen-bond donors (Lipinski definition) is 0. The third-order valence-corrected chi connectivity index (χ3v) is 2.02. The number of benzene rings is 1. The Labute approximate surface area is 96.8 Å². The van der Waals surface area contributed by atoms with Gasteiger partial charge in [0, 0.05) is 13.1 Å². The highest BCUT2D eigenvalue weighted by atomic mass is 19.1. The summed E-state index contributed by atoms with van der Waals surface area (Å²) < 4.78 is 30.7. The maximum absolute atomic E-state index is 13.3. The number of halogens is 2. The van der Waals surface area contributed by atoms with Crippen molar-refractivity contribution in [2.24, 2.45) is 0 Å². The molecule has 1 rings (SSSR count). The van der Waals surface area contributed by atoms with E-state index in [-0.39, 0.29) is 12.3 Å². The van der Waals surface area contributed by atoms with Crippen LogP contribution in [0.25, 0.3) is 0 Å². The first-order valence-corrected chi connectivity index (χ1v) is 4.87. The molecule has 0 aliphatic rings. The van der Waals surface area contributed by atoms with Crippen LogP contribution in [0.3, 0.4) is 0 Å². The van der Waals surface area contributed by atoms with Gasteiger partial charge in [0.1, 0.15) is 11.6 Å². The summed E-state index contributed by atoms with van der Waals surface area (Å²) in [5.41, 5.74) is -0.317. The van der Waals surface area contributed by atoms with Gasteiger partial charge in [-0.05, 0) is 19.1 Å². The van der Waals surface area contributed by atoms with Crippen molar-refractivity contribution >= 4 is 17.6 Å². The molecule has 0 radical (unpaired) electrons. The van der Waals surface area contributed by atoms with E-state index in [1.807, 2.05) is 0 Å². The number of nitrogens with zero attached hydrogens (tertiary/aromatic N) is 1. The molecule has 0 atom stereocenters. The summed E-state index contributed by atoms with van der Waals surface area (Å²) in [6, 6.07) is 2.62. The number of amides is 1. The molecule has 0 aliphatic carbocycles. The Morgan fingerprint density at radius 1 is 1.35 bits per heavy atom. The first kappa shape index (κ1) is 13.1. The molecular formula is C11H11F2NO3. The second-order valence-corrected chi connectivity index (χ2v) is 3.18. The zero-order chi connectivity index (χ0) is 13.0. The van der Waals surface area contributed by atoms with Gasteiger partial charge in [-0.2, -0.15) is 0 Å². The van der Waals surface area contributed by atoms with Gasteiger partial charge >= 0.3 is 11.9 Å². The van der Waals surface area contributed by atoms with E-state index in [0.717, 1.165) is 25.2 Å². The molecule has 0 heterocycles. The highest BCUT2D eigenvalue weighted by molar-refractivity contribution is 6.37. The average molecular weight is 243 g/mol. The van der Waals surface area contributed by atoms with Crippen molar-refractivity contribution in [2.75, 3.05) is 18.6 Å². The van der Waals surface area contributed by atoms with Gasteiger partial charge in [0.25, 0.3) is 0 Å². The van der Waals surface area contributed by atoms with E-state index in [1.54, 1.807) is 0 Å². The van der Waals surface area contributed by atoms with E-state index in [4.69, 9.17) is 0 Å². The molecule has 0 unspecified atom stereocenters. The number of ether oxygens (including phenoxy) is 1. The van der Waals surface area contributed by atoms with Crippen LogP contribution < -0.4 is 4.90 Å². The van der Waals surface area contributed by atoms with Crippen molar-refractivity contribution in [3.05, 3.63) is 29.8 Å². The first-order chi connectivity index (χ1) is 7.97. The predicted octanol–water partition coefficient (Wildman–Crippen LogP) is 1.49. The van der Waals surface area contributed by atoms with Crippen LogP contribution in [0.15, 0.2) is 18.2 Å². The normalized spacial score (nSPS) is 9.88. The molecule has 6 heteroatoms. The molecule has 0 bridgehead atoms. The first-order valence-electron chi connectivity index (χ1n) is 4.87. The van der Waals surface area contributed by atoms with Gasteiger partial charge in [0.05, 0.1) is 12.3 Å². The van der Waals surface area contributed by atoms with Gasteiger partial charge in [-0.1, -0.05) is 0 Å². The Morgan fingerprint density at radius 2 is 2.00 bits per heavy atom. The van der Waals surface area contributed by atoms with E-state index in [2.05, 4.69) is 4.74 Å². The molecule has 1 amide bonds. The Bertz CT molecular complexity index is 448. The summed E-state index contributed by atoms with van der Waals surface area (Å²) in [5.74, 6) is -3.67. The third-order valence-electron chi connectivity index (χ3n) is 2.02. The largest absolute Gasteiger partial charge is 0.459 e. The van der Waals surface area contributed by atoms with Crippen LogP contribution in [0.4, 0.5) is 14.5 Å². The molecule has 92 valence electrons. The van der Waals surface area contributed by atoms with E-state index < -0.39 is 23.5 Å². The van der Waals surface area contributed by atoms with E-state index in [9.17, 15) is 18.4 Å². The number of carbonyl (C=O) groups is 2. The molecule has 0 aromatic heterocycles. The minimum Gasteiger partial charge on any atom is -0.459 e. The van der Waals surface area contributed by atoms with E-state index >= 15 is 0 Å². The topological polar surface area (TPSA) is 46.6 Å². The third kappa shape index (κ3) is 2.99. The Morgan fingerprint density at radius 3 is 2.59 bits per heavy atom. The molecule has 0 N–H and O–H groups in total. The molecule has 1 aromatic carbocycles. The van der Waals surface area contributed by atoms with Crippen molar-refractivity contribution in [1.29, 1.82) is 0 Å². The Balaban J connectivity index is 2.96. The number of anilines is 1. The zero-order valence-corrected chi connectivity index (χ0v) is 9.37. The Hall–Kier alpha value is -1.98. The van der Waals surface area contributed by atoms with Gasteiger partial charge < -0.3 is 9.64 Å². The summed E-state index contributed by atoms with van der Waals surface area (Å²) >= 11 is 0. The second kappa shape index (κ2) is 5.38. The molecule has 0 saturated carbocycles. The highest BCUT2D eigenvalue weighted by Gasteiger charge is 2.23. The van der Waals surface area contributed by atoms with Crippen LogP contribution in [-0.4, -0.2) is 25.5 Å². The maximum Gasteiger partial charge on any atom is 0.397 e. The van der Waals surface area contributed by atoms with Gasteiger partial charge in [-0.15, -0.1) is 0 Å². The lowest BCUT2D eigenvalue weighted by molar-refractivity contribution is -0.153. The SMILES string of the molecule is CCOC(=O)C(=O)N(C)c1cc(F)ccc1F. The molecule has 17 heavy (non-hydrogen) atoms. The fourth-order valence-electron chi connectivity index (χ4n) is 1.18. The molecule has 0 saturated heterocycles. The van der Waals surface area contributed by atoms with Crippen LogP contribution in [0.1, 0.15) is 6.92 Å². The van der Waals surface area contributed by atoms with Crippen LogP contribution in [-0.2, 0) is 14.3 Å². The molecule has 0 aliphatic heterocycles. The van der Waals surface area contributed by atoms with E-state index in [1.165, 1.54) is 6.92 Å². The van der Waals surface area contributed by atoms with Crippen LogP contribution >= 0.6 is 0 Å². The van der Waals surface area contributed by atoms with Gasteiger partial charge in [-0.3, -0.25) is 4.79 Å². The Kier molecular flexibility index (Phi) is 4.14. The van der Waals surface area contributed by atoms with Crippen LogP contribution in [0.2, 0.25) is 0 Å². The summed E-state index contributed by atoms with van der Waals surface area (Å²) in [5, 5.41) is 0. The predicted molar refractivity (Wildman–Crippen MR) is 56.4 cm³/mol. The molecular weight excluding hydrogens is 232 g/mol. The van der Waals surface area contributed by atoms with Crippen molar-refractivity contribution < 1.29 is 23.1 Å². The number of hydrogen-bond acceptors (Lipinski definition) is 3. The number of rotatable bonds is 2. The number of esters is 1. The van der Waals surface area contributed by atoms with Gasteiger partial charge in [-0.25, -0.2) is 13.6 Å². The fourth-order valence-corrected chi connectivity index (χ4v) is 1.18. The summed E-state index contributed by atoms with van der Waals surface area (Å²) in [4.78, 5) is 23.3. The maximum atomic E-state index is 13.3. The highest BCUT2D eigenvalue weighted by Crippen LogP contribution is 2.19. The number of likely N-dealkylation sites (N-methyl/N-ethyl adjacent to an activating group) is 1. The molecule has 1 aromatic rings. The van der Waals surface area contributed by atoms with Crippen LogP contribution in [0, 0.1) is 11.6 Å². The second-order valence-electron chi connectivity index (χ2n) is 3.18. The van der Waals surface area contributed by atoms with Gasteiger partial charge in [0.15, 0.2) is 0 Å². The fraction of sp³-hybridized carbons (Fsp3) is 0.273. The van der Waals surface area contributed by atoms with Crippen molar-refractivity contribution in [1.82, 2.24) is 0 Å². The van der Waals surface area contributed by atoms with E-state index in [0.29, 0.717) is 4.90 Å².